The number of aromatic nitrogens is 4. The van der Waals surface area contributed by atoms with Crippen molar-refractivity contribution in [2.45, 2.75) is 37.8 Å². The van der Waals surface area contributed by atoms with E-state index < -0.39 is 21.5 Å². The van der Waals surface area contributed by atoms with Gasteiger partial charge in [-0.15, -0.1) is 0 Å². The predicted molar refractivity (Wildman–Crippen MR) is 99.3 cm³/mol. The van der Waals surface area contributed by atoms with Crippen LogP contribution in [0.15, 0.2) is 41.6 Å². The number of rotatable bonds is 6. The van der Waals surface area contributed by atoms with E-state index in [1.807, 2.05) is 23.6 Å². The molecular formula is C17H20N6O3S. The van der Waals surface area contributed by atoms with Gasteiger partial charge < -0.3 is 10.3 Å². The molecule has 0 aromatic carbocycles. The van der Waals surface area contributed by atoms with Crippen LogP contribution in [-0.4, -0.2) is 33.8 Å². The number of hydrogen-bond donors (Lipinski definition) is 2. The number of primary amides is 1. The van der Waals surface area contributed by atoms with Crippen molar-refractivity contribution in [1.29, 1.82) is 0 Å². The van der Waals surface area contributed by atoms with E-state index in [9.17, 15) is 13.2 Å². The normalized spacial score (nSPS) is 12.4. The molecule has 3 heterocycles. The van der Waals surface area contributed by atoms with E-state index in [2.05, 4.69) is 19.7 Å². The number of sulfonamides is 1. The standard InChI is InChI=1S/C17H20N6O3S/c1-4-23-13-6-5-9-19-15(13)21-16(23)17(2,3)22-27(25,26)11-7-8-12(14(18)24)20-10-11/h5-10,22H,4H2,1-3H3,(H2,18,24). The van der Waals surface area contributed by atoms with E-state index in [1.54, 1.807) is 20.0 Å². The van der Waals surface area contributed by atoms with Crippen molar-refractivity contribution in [2.24, 2.45) is 5.73 Å². The molecule has 3 aromatic heterocycles. The number of aryl methyl sites for hydroxylation is 1. The van der Waals surface area contributed by atoms with E-state index in [1.165, 1.54) is 12.1 Å². The highest BCUT2D eigenvalue weighted by molar-refractivity contribution is 7.89. The fourth-order valence-corrected chi connectivity index (χ4v) is 4.20. The highest BCUT2D eigenvalue weighted by Crippen LogP contribution is 2.26. The summed E-state index contributed by atoms with van der Waals surface area (Å²) in [5.41, 5.74) is 5.49. The average molecular weight is 388 g/mol. The Balaban J connectivity index is 1.99. The van der Waals surface area contributed by atoms with Gasteiger partial charge in [0.1, 0.15) is 16.4 Å². The first-order valence-electron chi connectivity index (χ1n) is 8.27. The first-order valence-corrected chi connectivity index (χ1v) is 9.75. The Labute approximate surface area is 156 Å². The van der Waals surface area contributed by atoms with Crippen molar-refractivity contribution in [1.82, 2.24) is 24.2 Å². The molecule has 0 saturated carbocycles. The molecule has 0 spiro atoms. The summed E-state index contributed by atoms with van der Waals surface area (Å²) in [4.78, 5) is 23.6. The maximum Gasteiger partial charge on any atom is 0.267 e. The summed E-state index contributed by atoms with van der Waals surface area (Å²) >= 11 is 0. The van der Waals surface area contributed by atoms with Crippen molar-refractivity contribution >= 4 is 27.1 Å². The smallest absolute Gasteiger partial charge is 0.267 e. The molecular weight excluding hydrogens is 368 g/mol. The number of fused-ring (bicyclic) bond motifs is 1. The van der Waals surface area contributed by atoms with Crippen LogP contribution in [0.5, 0.6) is 0 Å². The third-order valence-corrected chi connectivity index (χ3v) is 5.73. The van der Waals surface area contributed by atoms with Gasteiger partial charge in [0.2, 0.25) is 10.0 Å². The summed E-state index contributed by atoms with van der Waals surface area (Å²) < 4.78 is 30.2. The summed E-state index contributed by atoms with van der Waals surface area (Å²) in [5, 5.41) is 0. The van der Waals surface area contributed by atoms with E-state index in [0.29, 0.717) is 18.0 Å². The first kappa shape index (κ1) is 18.9. The molecule has 0 saturated heterocycles. The number of hydrogen-bond acceptors (Lipinski definition) is 6. The van der Waals surface area contributed by atoms with Crippen molar-refractivity contribution in [3.8, 4) is 0 Å². The van der Waals surface area contributed by atoms with Gasteiger partial charge in [0, 0.05) is 18.9 Å². The Morgan fingerprint density at radius 1 is 1.26 bits per heavy atom. The number of nitrogens with one attached hydrogen (secondary N) is 1. The molecule has 0 aliphatic heterocycles. The number of nitrogens with two attached hydrogens (primary N) is 1. The molecule has 1 amide bonds. The second-order valence-corrected chi connectivity index (χ2v) is 8.18. The van der Waals surface area contributed by atoms with Crippen LogP contribution in [0.4, 0.5) is 0 Å². The summed E-state index contributed by atoms with van der Waals surface area (Å²) in [6, 6.07) is 6.26. The number of imidazole rings is 1. The molecule has 0 aliphatic rings. The van der Waals surface area contributed by atoms with Crippen LogP contribution < -0.4 is 10.5 Å². The average Bonchev–Trinajstić information content (AvgIpc) is 3.00. The molecule has 142 valence electrons. The zero-order valence-corrected chi connectivity index (χ0v) is 16.0. The monoisotopic (exact) mass is 388 g/mol. The molecule has 0 fully saturated rings. The number of amides is 1. The van der Waals surface area contributed by atoms with Crippen molar-refractivity contribution in [3.05, 3.63) is 48.2 Å². The van der Waals surface area contributed by atoms with Gasteiger partial charge >= 0.3 is 0 Å². The Morgan fingerprint density at radius 2 is 2.00 bits per heavy atom. The third kappa shape index (κ3) is 3.53. The molecule has 0 aliphatic carbocycles. The molecule has 27 heavy (non-hydrogen) atoms. The van der Waals surface area contributed by atoms with Gasteiger partial charge in [0.25, 0.3) is 5.91 Å². The molecule has 0 atom stereocenters. The highest BCUT2D eigenvalue weighted by Gasteiger charge is 2.33. The zero-order valence-electron chi connectivity index (χ0n) is 15.2. The van der Waals surface area contributed by atoms with Crippen molar-refractivity contribution in [3.63, 3.8) is 0 Å². The Hall–Kier alpha value is -2.85. The maximum atomic E-state index is 12.8. The van der Waals surface area contributed by atoms with Gasteiger partial charge in [-0.05, 0) is 45.0 Å². The lowest BCUT2D eigenvalue weighted by Gasteiger charge is -2.26. The Bertz CT molecular complexity index is 1100. The lowest BCUT2D eigenvalue weighted by atomic mass is 10.1. The SMILES string of the molecule is CCn1c(C(C)(C)NS(=O)(=O)c2ccc(C(N)=O)nc2)nc2ncccc21. The summed E-state index contributed by atoms with van der Waals surface area (Å²) in [5.74, 6) is -0.180. The van der Waals surface area contributed by atoms with Gasteiger partial charge in [-0.2, -0.15) is 4.72 Å². The molecule has 10 heteroatoms. The van der Waals surface area contributed by atoms with Gasteiger partial charge in [0.05, 0.1) is 11.1 Å². The fourth-order valence-electron chi connectivity index (χ4n) is 2.88. The minimum atomic E-state index is -3.91. The van der Waals surface area contributed by atoms with Crippen LogP contribution in [-0.2, 0) is 22.1 Å². The topological polar surface area (TPSA) is 133 Å². The summed E-state index contributed by atoms with van der Waals surface area (Å²) in [6.07, 6.45) is 2.74. The maximum absolute atomic E-state index is 12.8. The number of carbonyl (C=O) groups is 1. The van der Waals surface area contributed by atoms with Crippen LogP contribution in [0.25, 0.3) is 11.2 Å². The Morgan fingerprint density at radius 3 is 2.59 bits per heavy atom. The molecule has 3 aromatic rings. The molecule has 3 N–H and O–H groups in total. The van der Waals surface area contributed by atoms with E-state index in [-0.39, 0.29) is 10.6 Å². The van der Waals surface area contributed by atoms with Crippen LogP contribution in [0.3, 0.4) is 0 Å². The van der Waals surface area contributed by atoms with E-state index in [0.717, 1.165) is 11.7 Å². The predicted octanol–water partition coefficient (Wildman–Crippen LogP) is 1.16. The van der Waals surface area contributed by atoms with Crippen molar-refractivity contribution in [2.75, 3.05) is 0 Å². The summed E-state index contributed by atoms with van der Waals surface area (Å²) in [6.45, 7) is 6.01. The Kier molecular flexibility index (Phi) is 4.70. The summed E-state index contributed by atoms with van der Waals surface area (Å²) in [7, 11) is -3.91. The van der Waals surface area contributed by atoms with Crippen molar-refractivity contribution < 1.29 is 13.2 Å². The second kappa shape index (κ2) is 6.71. The van der Waals surface area contributed by atoms with Crippen LogP contribution in [0.1, 0.15) is 37.1 Å². The second-order valence-electron chi connectivity index (χ2n) is 6.50. The van der Waals surface area contributed by atoms with Gasteiger partial charge in [-0.1, -0.05) is 0 Å². The largest absolute Gasteiger partial charge is 0.364 e. The van der Waals surface area contributed by atoms with Gasteiger partial charge in [0.15, 0.2) is 5.65 Å². The molecule has 0 radical (unpaired) electrons. The number of carbonyl (C=O) groups excluding carboxylic acids is 1. The number of pyridine rings is 2. The highest BCUT2D eigenvalue weighted by atomic mass is 32.2. The third-order valence-electron chi connectivity index (χ3n) is 4.09. The minimum Gasteiger partial charge on any atom is -0.364 e. The lowest BCUT2D eigenvalue weighted by Crippen LogP contribution is -2.43. The van der Waals surface area contributed by atoms with Crippen LogP contribution in [0.2, 0.25) is 0 Å². The minimum absolute atomic E-state index is 0.00735. The van der Waals surface area contributed by atoms with Gasteiger partial charge in [-0.25, -0.2) is 23.4 Å². The van der Waals surface area contributed by atoms with Crippen LogP contribution >= 0.6 is 0 Å². The quantitative estimate of drug-likeness (QED) is 0.651. The first-order chi connectivity index (χ1) is 12.7. The molecule has 3 rings (SSSR count). The zero-order chi connectivity index (χ0) is 19.8. The molecule has 0 bridgehead atoms. The number of nitrogens with zero attached hydrogens (tertiary/aromatic N) is 4. The molecule has 0 unspecified atom stereocenters. The van der Waals surface area contributed by atoms with Gasteiger partial charge in [-0.3, -0.25) is 4.79 Å². The lowest BCUT2D eigenvalue weighted by molar-refractivity contribution is 0.0995. The molecule has 9 nitrogen and oxygen atoms in total. The van der Waals surface area contributed by atoms with E-state index in [4.69, 9.17) is 5.73 Å². The van der Waals surface area contributed by atoms with E-state index >= 15 is 0 Å². The fraction of sp³-hybridized carbons (Fsp3) is 0.294. The van der Waals surface area contributed by atoms with Crippen LogP contribution in [0, 0.1) is 0 Å².